The molecule has 0 aliphatic carbocycles. The van der Waals surface area contributed by atoms with Crippen molar-refractivity contribution in [3.05, 3.63) is 70.9 Å². The van der Waals surface area contributed by atoms with Gasteiger partial charge in [-0.2, -0.15) is 26.0 Å². The predicted molar refractivity (Wildman–Crippen MR) is 109 cm³/mol. The van der Waals surface area contributed by atoms with Crippen LogP contribution in [0.1, 0.15) is 28.3 Å². The van der Waals surface area contributed by atoms with Crippen molar-refractivity contribution in [2.45, 2.75) is 33.1 Å². The molecule has 0 radical (unpaired) electrons. The summed E-state index contributed by atoms with van der Waals surface area (Å²) in [6.45, 7) is -2.84. The highest BCUT2D eigenvalue weighted by molar-refractivity contribution is 7.87. The Morgan fingerprint density at radius 3 is 2.19 bits per heavy atom. The number of aliphatic imine (C=N–C) groups is 1. The molecule has 1 aliphatic rings. The van der Waals surface area contributed by atoms with Crippen LogP contribution in [0.3, 0.4) is 0 Å². The highest BCUT2D eigenvalue weighted by Gasteiger charge is 2.35. The molecule has 12 heteroatoms. The van der Waals surface area contributed by atoms with Crippen molar-refractivity contribution < 1.29 is 35.5 Å². The van der Waals surface area contributed by atoms with Gasteiger partial charge in [0, 0.05) is 17.3 Å². The Hall–Kier alpha value is -3.12. The molecule has 0 saturated carbocycles. The lowest BCUT2D eigenvalue weighted by atomic mass is 10.0. The van der Waals surface area contributed by atoms with Crippen LogP contribution < -0.4 is 14.6 Å². The van der Waals surface area contributed by atoms with E-state index in [1.807, 2.05) is 6.07 Å². The maximum absolute atomic E-state index is 13.0. The molecule has 1 atom stereocenters. The Labute approximate surface area is 181 Å². The number of nitrogens with two attached hydrogens (primary N) is 1. The molecular formula is C20H19F4N3O4S. The third kappa shape index (κ3) is 5.37. The van der Waals surface area contributed by atoms with Crippen LogP contribution >= 0.6 is 0 Å². The molecule has 0 fully saturated rings. The Balaban J connectivity index is 2.18. The number of halogens is 4. The maximum Gasteiger partial charge on any atom is 0.387 e. The van der Waals surface area contributed by atoms with Gasteiger partial charge in [0.05, 0.1) is 6.04 Å². The lowest BCUT2D eigenvalue weighted by Gasteiger charge is -2.33. The van der Waals surface area contributed by atoms with Crippen molar-refractivity contribution >= 4 is 16.0 Å². The van der Waals surface area contributed by atoms with Gasteiger partial charge in [-0.05, 0) is 50.3 Å². The number of hydrogen-bond donors (Lipinski definition) is 1. The molecule has 2 N–H and O–H groups in total. The van der Waals surface area contributed by atoms with E-state index in [9.17, 15) is 26.0 Å². The van der Waals surface area contributed by atoms with E-state index < -0.39 is 35.2 Å². The Morgan fingerprint density at radius 1 is 1.00 bits per heavy atom. The fourth-order valence-electron chi connectivity index (χ4n) is 3.41. The van der Waals surface area contributed by atoms with Crippen LogP contribution in [-0.2, 0) is 10.2 Å². The average molecular weight is 473 g/mol. The normalized spacial score (nSPS) is 16.5. The molecule has 7 nitrogen and oxygen atoms in total. The van der Waals surface area contributed by atoms with Crippen molar-refractivity contribution in [2.75, 3.05) is 0 Å². The van der Waals surface area contributed by atoms with Crippen LogP contribution in [0.2, 0.25) is 0 Å². The van der Waals surface area contributed by atoms with E-state index in [-0.39, 0.29) is 17.1 Å². The van der Waals surface area contributed by atoms with Crippen molar-refractivity contribution in [1.29, 1.82) is 0 Å². The fraction of sp³-hybridized carbons (Fsp3) is 0.250. The monoisotopic (exact) mass is 473 g/mol. The zero-order chi connectivity index (χ0) is 23.6. The molecule has 2 aromatic rings. The van der Waals surface area contributed by atoms with Crippen LogP contribution in [-0.4, -0.2) is 31.8 Å². The summed E-state index contributed by atoms with van der Waals surface area (Å²) in [7, 11) is -4.51. The number of ether oxygens (including phenoxy) is 2. The fourth-order valence-corrected chi connectivity index (χ4v) is 4.31. The van der Waals surface area contributed by atoms with Gasteiger partial charge in [0.2, 0.25) is 0 Å². The van der Waals surface area contributed by atoms with Gasteiger partial charge in [-0.1, -0.05) is 17.2 Å². The predicted octanol–water partition coefficient (Wildman–Crippen LogP) is 4.03. The summed E-state index contributed by atoms with van der Waals surface area (Å²) in [6.07, 6.45) is 2.53. The van der Waals surface area contributed by atoms with E-state index >= 15 is 0 Å². The van der Waals surface area contributed by atoms with E-state index in [0.717, 1.165) is 29.3 Å². The first-order chi connectivity index (χ1) is 15.0. The summed E-state index contributed by atoms with van der Waals surface area (Å²) in [4.78, 5) is 4.13. The van der Waals surface area contributed by atoms with Gasteiger partial charge in [0.15, 0.2) is 5.84 Å². The second-order valence-corrected chi connectivity index (χ2v) is 8.34. The quantitative estimate of drug-likeness (QED) is 0.615. The van der Waals surface area contributed by atoms with Crippen LogP contribution in [0.5, 0.6) is 11.5 Å². The molecule has 172 valence electrons. The number of benzene rings is 2. The van der Waals surface area contributed by atoms with Gasteiger partial charge in [-0.3, -0.25) is 0 Å². The summed E-state index contributed by atoms with van der Waals surface area (Å²) >= 11 is 0. The molecule has 1 aliphatic heterocycles. The standard InChI is InChI=1S/C20H19F4N3O4S/c1-11-7-12(2)9-13(8-11)18-26-6-5-16(27(18)32(25,28)29)15-10-14(30-19(21)22)3-4-17(15)31-20(23)24/h3-10,16,19-20H,1-2H3,(H2,25,28,29). The third-order valence-corrected chi connectivity index (χ3v) is 5.37. The summed E-state index contributed by atoms with van der Waals surface area (Å²) in [5, 5.41) is 5.46. The van der Waals surface area contributed by atoms with Crippen LogP contribution in [0, 0.1) is 13.8 Å². The second kappa shape index (κ2) is 9.17. The van der Waals surface area contributed by atoms with E-state index in [0.29, 0.717) is 9.87 Å². The molecule has 1 heterocycles. The van der Waals surface area contributed by atoms with Gasteiger partial charge >= 0.3 is 23.4 Å². The van der Waals surface area contributed by atoms with Gasteiger partial charge < -0.3 is 9.47 Å². The lowest BCUT2D eigenvalue weighted by molar-refractivity contribution is -0.0536. The van der Waals surface area contributed by atoms with Crippen molar-refractivity contribution in [2.24, 2.45) is 10.1 Å². The average Bonchev–Trinajstić information content (AvgIpc) is 2.66. The summed E-state index contributed by atoms with van der Waals surface area (Å²) < 4.78 is 86.0. The first kappa shape index (κ1) is 23.5. The van der Waals surface area contributed by atoms with E-state index in [1.165, 1.54) is 12.3 Å². The summed E-state index contributed by atoms with van der Waals surface area (Å²) in [5.41, 5.74) is 1.85. The molecule has 3 rings (SSSR count). The van der Waals surface area contributed by atoms with Crippen molar-refractivity contribution in [3.8, 4) is 11.5 Å². The number of nitrogens with zero attached hydrogens (tertiary/aromatic N) is 2. The highest BCUT2D eigenvalue weighted by Crippen LogP contribution is 2.38. The molecule has 0 aromatic heterocycles. The zero-order valence-electron chi connectivity index (χ0n) is 16.9. The van der Waals surface area contributed by atoms with Crippen molar-refractivity contribution in [1.82, 2.24) is 4.31 Å². The molecular weight excluding hydrogens is 454 g/mol. The smallest absolute Gasteiger partial charge is 0.387 e. The molecule has 0 saturated heterocycles. The molecule has 2 aromatic carbocycles. The topological polar surface area (TPSA) is 94.2 Å². The minimum atomic E-state index is -4.51. The largest absolute Gasteiger partial charge is 0.435 e. The molecule has 32 heavy (non-hydrogen) atoms. The Kier molecular flexibility index (Phi) is 6.74. The van der Waals surface area contributed by atoms with Gasteiger partial charge in [0.1, 0.15) is 11.5 Å². The van der Waals surface area contributed by atoms with Gasteiger partial charge in [0.25, 0.3) is 0 Å². The molecule has 0 amide bonds. The SMILES string of the molecule is Cc1cc(C)cc(C2=NC=CC(c3cc(OC(F)F)ccc3OC(F)F)N2S(N)(=O)=O)c1. The third-order valence-electron chi connectivity index (χ3n) is 4.42. The Morgan fingerprint density at radius 2 is 1.62 bits per heavy atom. The van der Waals surface area contributed by atoms with Crippen LogP contribution in [0.25, 0.3) is 0 Å². The highest BCUT2D eigenvalue weighted by atomic mass is 32.2. The number of aryl methyl sites for hydroxylation is 2. The van der Waals surface area contributed by atoms with E-state index in [1.54, 1.807) is 26.0 Å². The van der Waals surface area contributed by atoms with Crippen LogP contribution in [0.4, 0.5) is 17.6 Å². The summed E-state index contributed by atoms with van der Waals surface area (Å²) in [5.74, 6) is -0.892. The number of hydrogen-bond acceptors (Lipinski definition) is 5. The minimum Gasteiger partial charge on any atom is -0.435 e. The molecule has 0 spiro atoms. The second-order valence-electron chi connectivity index (χ2n) is 6.91. The number of amidine groups is 1. The van der Waals surface area contributed by atoms with Crippen LogP contribution in [0.15, 0.2) is 53.7 Å². The van der Waals surface area contributed by atoms with Gasteiger partial charge in [-0.15, -0.1) is 0 Å². The summed E-state index contributed by atoms with van der Waals surface area (Å²) in [6, 6.07) is 6.85. The van der Waals surface area contributed by atoms with E-state index in [2.05, 4.69) is 14.5 Å². The minimum absolute atomic E-state index is 0.0741. The number of alkyl halides is 4. The lowest BCUT2D eigenvalue weighted by Crippen LogP contribution is -2.45. The molecule has 1 unspecified atom stereocenters. The zero-order valence-corrected chi connectivity index (χ0v) is 17.7. The van der Waals surface area contributed by atoms with Crippen molar-refractivity contribution in [3.63, 3.8) is 0 Å². The first-order valence-corrected chi connectivity index (χ1v) is 10.6. The molecule has 0 bridgehead atoms. The Bertz CT molecular complexity index is 1150. The van der Waals surface area contributed by atoms with E-state index in [4.69, 9.17) is 5.14 Å². The maximum atomic E-state index is 13.0. The number of rotatable bonds is 7. The first-order valence-electron chi connectivity index (χ1n) is 9.14. The van der Waals surface area contributed by atoms with Gasteiger partial charge in [-0.25, -0.2) is 14.4 Å².